The molecule has 0 aromatic heterocycles. The van der Waals surface area contributed by atoms with E-state index in [9.17, 15) is 4.79 Å². The fraction of sp³-hybridized carbons (Fsp3) is 0.533. The summed E-state index contributed by atoms with van der Waals surface area (Å²) in [6.45, 7) is 10.4. The van der Waals surface area contributed by atoms with Gasteiger partial charge in [-0.05, 0) is 30.1 Å². The molecule has 1 aromatic carbocycles. The van der Waals surface area contributed by atoms with Gasteiger partial charge in [-0.25, -0.2) is 0 Å². The summed E-state index contributed by atoms with van der Waals surface area (Å²) >= 11 is 0. The van der Waals surface area contributed by atoms with Crippen LogP contribution in [0.1, 0.15) is 26.3 Å². The average molecular weight is 279 g/mol. The summed E-state index contributed by atoms with van der Waals surface area (Å²) in [6, 6.07) is 9.20. The molecule has 0 heterocycles. The molecule has 0 radical (unpaired) electrons. The number of hydrogen-bond acceptors (Lipinski definition) is 3. The highest BCUT2D eigenvalue weighted by atomic mass is 28.4. The molecule has 1 atom stereocenters. The minimum atomic E-state index is -2.08. The maximum Gasteiger partial charge on any atom is 0.309 e. The standard InChI is InChI=1S/C15H25NO2Si/c1-15(2,3)19(4,5)18-14(17)13(16)11-12-9-7-6-8-10-12/h6-10,13H,11,16H2,1-5H3/t13-/m0/s1. The predicted octanol–water partition coefficient (Wildman–Crippen LogP) is 3.10. The number of nitrogens with two attached hydrogens (primary N) is 1. The van der Waals surface area contributed by atoms with Gasteiger partial charge in [0.1, 0.15) is 6.04 Å². The van der Waals surface area contributed by atoms with Crippen molar-refractivity contribution in [2.45, 2.75) is 51.4 Å². The summed E-state index contributed by atoms with van der Waals surface area (Å²) in [4.78, 5) is 12.1. The average Bonchev–Trinajstić information content (AvgIpc) is 2.28. The second-order valence-electron chi connectivity index (χ2n) is 6.48. The Balaban J connectivity index is 2.64. The zero-order valence-corrected chi connectivity index (χ0v) is 13.6. The van der Waals surface area contributed by atoms with Gasteiger partial charge < -0.3 is 10.2 Å². The van der Waals surface area contributed by atoms with E-state index in [1.807, 2.05) is 30.3 Å². The van der Waals surface area contributed by atoms with Gasteiger partial charge in [-0.15, -0.1) is 0 Å². The van der Waals surface area contributed by atoms with Crippen molar-refractivity contribution in [3.8, 4) is 0 Å². The smallest absolute Gasteiger partial charge is 0.309 e. The van der Waals surface area contributed by atoms with Gasteiger partial charge in [-0.1, -0.05) is 51.1 Å². The first kappa shape index (κ1) is 15.9. The minimum absolute atomic E-state index is 0.00905. The highest BCUT2D eigenvalue weighted by molar-refractivity contribution is 6.75. The highest BCUT2D eigenvalue weighted by Crippen LogP contribution is 2.36. The van der Waals surface area contributed by atoms with Gasteiger partial charge in [0, 0.05) is 0 Å². The van der Waals surface area contributed by atoms with Crippen LogP contribution in [0.5, 0.6) is 0 Å². The quantitative estimate of drug-likeness (QED) is 0.862. The maximum absolute atomic E-state index is 12.1. The molecule has 0 saturated carbocycles. The van der Waals surface area contributed by atoms with E-state index in [4.69, 9.17) is 10.2 Å². The lowest BCUT2D eigenvalue weighted by molar-refractivity contribution is -0.136. The van der Waals surface area contributed by atoms with Crippen molar-refractivity contribution in [2.24, 2.45) is 5.73 Å². The number of carbonyl (C=O) groups excluding carboxylic acids is 1. The molecule has 0 spiro atoms. The Labute approximate surface area is 117 Å². The summed E-state index contributed by atoms with van der Waals surface area (Å²) < 4.78 is 5.71. The molecule has 0 bridgehead atoms. The Morgan fingerprint density at radius 3 is 2.26 bits per heavy atom. The molecule has 0 aliphatic heterocycles. The van der Waals surface area contributed by atoms with Crippen LogP contribution in [-0.4, -0.2) is 20.3 Å². The van der Waals surface area contributed by atoms with Gasteiger partial charge >= 0.3 is 5.97 Å². The molecule has 0 aliphatic carbocycles. The third kappa shape index (κ3) is 4.47. The first-order valence-corrected chi connectivity index (χ1v) is 9.57. The van der Waals surface area contributed by atoms with Gasteiger partial charge in [-0.3, -0.25) is 4.79 Å². The molecule has 2 N–H and O–H groups in total. The van der Waals surface area contributed by atoms with E-state index in [0.29, 0.717) is 6.42 Å². The normalized spacial score (nSPS) is 14.0. The second-order valence-corrected chi connectivity index (χ2v) is 11.2. The number of benzene rings is 1. The lowest BCUT2D eigenvalue weighted by Crippen LogP contribution is -2.47. The van der Waals surface area contributed by atoms with Crippen LogP contribution in [0.4, 0.5) is 0 Å². The van der Waals surface area contributed by atoms with E-state index in [0.717, 1.165) is 5.56 Å². The molecule has 0 amide bonds. The van der Waals surface area contributed by atoms with Crippen molar-refractivity contribution in [2.75, 3.05) is 0 Å². The van der Waals surface area contributed by atoms with Gasteiger partial charge in [0.15, 0.2) is 0 Å². The Hall–Kier alpha value is -1.13. The molecular weight excluding hydrogens is 254 g/mol. The van der Waals surface area contributed by atoms with Crippen LogP contribution in [0, 0.1) is 0 Å². The van der Waals surface area contributed by atoms with Crippen LogP contribution >= 0.6 is 0 Å². The summed E-state index contributed by atoms with van der Waals surface area (Å²) in [5.41, 5.74) is 7.00. The van der Waals surface area contributed by atoms with E-state index in [2.05, 4.69) is 33.9 Å². The fourth-order valence-corrected chi connectivity index (χ4v) is 2.39. The minimum Gasteiger partial charge on any atom is -0.518 e. The Morgan fingerprint density at radius 1 is 1.26 bits per heavy atom. The Morgan fingerprint density at radius 2 is 1.79 bits per heavy atom. The monoisotopic (exact) mass is 279 g/mol. The van der Waals surface area contributed by atoms with Crippen LogP contribution < -0.4 is 5.73 Å². The SMILES string of the molecule is CC(C)(C)[Si](C)(C)OC(=O)[C@@H](N)Cc1ccccc1. The van der Waals surface area contributed by atoms with Crippen LogP contribution in [-0.2, 0) is 15.6 Å². The van der Waals surface area contributed by atoms with Gasteiger partial charge in [0.2, 0.25) is 0 Å². The summed E-state index contributed by atoms with van der Waals surface area (Å²) in [5, 5.41) is 0.00905. The Kier molecular flexibility index (Phi) is 4.93. The highest BCUT2D eigenvalue weighted by Gasteiger charge is 2.41. The zero-order chi connectivity index (χ0) is 14.7. The third-order valence-electron chi connectivity index (χ3n) is 3.76. The van der Waals surface area contributed by atoms with Crippen molar-refractivity contribution < 1.29 is 9.22 Å². The lowest BCUT2D eigenvalue weighted by Gasteiger charge is -2.36. The molecule has 0 saturated heterocycles. The zero-order valence-electron chi connectivity index (χ0n) is 12.6. The predicted molar refractivity (Wildman–Crippen MR) is 81.4 cm³/mol. The molecular formula is C15H25NO2Si. The summed E-state index contributed by atoms with van der Waals surface area (Å²) in [7, 11) is -2.08. The maximum atomic E-state index is 12.1. The molecule has 19 heavy (non-hydrogen) atoms. The van der Waals surface area contributed by atoms with Crippen LogP contribution in [0.25, 0.3) is 0 Å². The van der Waals surface area contributed by atoms with Crippen molar-refractivity contribution in [1.29, 1.82) is 0 Å². The van der Waals surface area contributed by atoms with Crippen molar-refractivity contribution in [3.05, 3.63) is 35.9 Å². The molecule has 3 nitrogen and oxygen atoms in total. The lowest BCUT2D eigenvalue weighted by atomic mass is 10.1. The van der Waals surface area contributed by atoms with E-state index in [-0.39, 0.29) is 11.0 Å². The topological polar surface area (TPSA) is 52.3 Å². The summed E-state index contributed by atoms with van der Waals surface area (Å²) in [6.07, 6.45) is 0.522. The largest absolute Gasteiger partial charge is 0.518 e. The van der Waals surface area contributed by atoms with E-state index in [1.54, 1.807) is 0 Å². The van der Waals surface area contributed by atoms with Crippen LogP contribution in [0.15, 0.2) is 30.3 Å². The molecule has 0 fully saturated rings. The fourth-order valence-electron chi connectivity index (χ4n) is 1.43. The first-order chi connectivity index (χ1) is 8.63. The molecule has 4 heteroatoms. The van der Waals surface area contributed by atoms with Crippen LogP contribution in [0.3, 0.4) is 0 Å². The molecule has 1 aromatic rings. The van der Waals surface area contributed by atoms with Gasteiger partial charge in [-0.2, -0.15) is 0 Å². The van der Waals surface area contributed by atoms with E-state index in [1.165, 1.54) is 0 Å². The van der Waals surface area contributed by atoms with Gasteiger partial charge in [0.25, 0.3) is 8.32 Å². The van der Waals surface area contributed by atoms with E-state index >= 15 is 0 Å². The second kappa shape index (κ2) is 5.88. The van der Waals surface area contributed by atoms with Crippen molar-refractivity contribution in [3.63, 3.8) is 0 Å². The van der Waals surface area contributed by atoms with Crippen molar-refractivity contribution >= 4 is 14.3 Å². The molecule has 0 unspecified atom stereocenters. The number of carbonyl (C=O) groups is 1. The van der Waals surface area contributed by atoms with Crippen LogP contribution in [0.2, 0.25) is 18.1 Å². The number of rotatable bonds is 4. The van der Waals surface area contributed by atoms with Crippen molar-refractivity contribution in [1.82, 2.24) is 0 Å². The number of hydrogen-bond donors (Lipinski definition) is 1. The third-order valence-corrected chi connectivity index (χ3v) is 8.09. The molecule has 0 aliphatic rings. The molecule has 106 valence electrons. The van der Waals surface area contributed by atoms with E-state index < -0.39 is 14.4 Å². The Bertz CT molecular complexity index is 424. The molecule has 1 rings (SSSR count). The summed E-state index contributed by atoms with van der Waals surface area (Å²) in [5.74, 6) is -0.282. The van der Waals surface area contributed by atoms with Gasteiger partial charge in [0.05, 0.1) is 0 Å². The first-order valence-electron chi connectivity index (χ1n) is 6.66.